The number of carboxylic acids is 1. The minimum absolute atomic E-state index is 0.342. The Balaban J connectivity index is 1.70. The number of carboxylic acid groups (broad SMARTS) is 1. The van der Waals surface area contributed by atoms with Gasteiger partial charge in [-0.05, 0) is 42.8 Å². The zero-order chi connectivity index (χ0) is 24.8. The molecule has 0 radical (unpaired) electrons. The number of halogens is 2. The van der Waals surface area contributed by atoms with E-state index in [-0.39, 0.29) is 0 Å². The highest BCUT2D eigenvalue weighted by Gasteiger charge is 2.28. The summed E-state index contributed by atoms with van der Waals surface area (Å²) in [5, 5.41) is 21.8. The molecule has 0 aliphatic carbocycles. The molecule has 0 bridgehead atoms. The molecule has 4 rings (SSSR count). The summed E-state index contributed by atoms with van der Waals surface area (Å²) >= 11 is 8.58. The minimum Gasteiger partial charge on any atom is -0.481 e. The molecule has 3 aromatic rings. The Morgan fingerprint density at radius 1 is 1.14 bits per heavy atom. The summed E-state index contributed by atoms with van der Waals surface area (Å²) in [5.41, 5.74) is 2.71. The molecule has 1 atom stereocenters. The van der Waals surface area contributed by atoms with Crippen LogP contribution < -0.4 is 14.8 Å². The van der Waals surface area contributed by atoms with Crippen LogP contribution in [0.3, 0.4) is 0 Å². The SMILES string of the molecule is CCCCCCSc1nnc2c(n1)O[C@@H](c1cc(Br)ccc1OCC(=O)O)Nc1ccc(Br)cc1-2. The Kier molecular flexibility index (Phi) is 8.85. The van der Waals surface area contributed by atoms with Crippen molar-refractivity contribution in [3.8, 4) is 22.9 Å². The fraction of sp³-hybridized carbons (Fsp3) is 0.333. The highest BCUT2D eigenvalue weighted by molar-refractivity contribution is 9.10. The molecule has 1 aromatic heterocycles. The number of nitrogens with one attached hydrogen (secondary N) is 1. The Labute approximate surface area is 224 Å². The number of rotatable bonds is 10. The van der Waals surface area contributed by atoms with Gasteiger partial charge in [-0.25, -0.2) is 4.79 Å². The van der Waals surface area contributed by atoms with Gasteiger partial charge >= 0.3 is 5.97 Å². The molecule has 11 heteroatoms. The van der Waals surface area contributed by atoms with Crippen LogP contribution in [0.2, 0.25) is 0 Å². The molecule has 0 unspecified atom stereocenters. The van der Waals surface area contributed by atoms with E-state index in [1.165, 1.54) is 19.3 Å². The second-order valence-corrected chi connectivity index (χ2v) is 10.7. The molecular formula is C24H24Br2N4O4S. The summed E-state index contributed by atoms with van der Waals surface area (Å²) in [4.78, 5) is 15.8. The standard InChI is InChI=1S/C24H24Br2N4O4S/c1-2-3-4-5-10-35-24-28-23-21(29-30-24)16-11-14(25)6-8-18(16)27-22(34-23)17-12-15(26)7-9-19(17)33-13-20(31)32/h6-9,11-12,22,27H,2-5,10,13H2,1H3,(H,31,32)/t22-/m0/s1. The second-order valence-electron chi connectivity index (χ2n) is 7.85. The first kappa shape index (κ1) is 25.7. The van der Waals surface area contributed by atoms with E-state index in [1.807, 2.05) is 24.3 Å². The average Bonchev–Trinajstić information content (AvgIpc) is 2.99. The third kappa shape index (κ3) is 6.65. The molecule has 1 aliphatic rings. The van der Waals surface area contributed by atoms with Gasteiger partial charge in [-0.2, -0.15) is 4.98 Å². The van der Waals surface area contributed by atoms with Gasteiger partial charge in [0.1, 0.15) is 5.75 Å². The van der Waals surface area contributed by atoms with Crippen LogP contribution in [0.15, 0.2) is 50.5 Å². The quantitative estimate of drug-likeness (QED) is 0.188. The Morgan fingerprint density at radius 2 is 1.94 bits per heavy atom. The van der Waals surface area contributed by atoms with Crippen molar-refractivity contribution in [2.45, 2.75) is 44.0 Å². The number of aliphatic carboxylic acids is 1. The van der Waals surface area contributed by atoms with Crippen LogP contribution >= 0.6 is 43.6 Å². The second kappa shape index (κ2) is 12.0. The van der Waals surface area contributed by atoms with Gasteiger partial charge in [0.05, 0.1) is 5.56 Å². The Hall–Kier alpha value is -2.37. The minimum atomic E-state index is -1.06. The van der Waals surface area contributed by atoms with E-state index in [9.17, 15) is 4.79 Å². The lowest BCUT2D eigenvalue weighted by molar-refractivity contribution is -0.139. The molecule has 0 saturated heterocycles. The van der Waals surface area contributed by atoms with Crippen LogP contribution in [0, 0.1) is 0 Å². The number of ether oxygens (including phenoxy) is 2. The first-order valence-corrected chi connectivity index (χ1v) is 13.8. The smallest absolute Gasteiger partial charge is 0.341 e. The third-order valence-corrected chi connectivity index (χ3v) is 7.13. The number of hydrogen-bond acceptors (Lipinski definition) is 8. The monoisotopic (exact) mass is 622 g/mol. The number of fused-ring (bicyclic) bond motifs is 3. The predicted octanol–water partition coefficient (Wildman–Crippen LogP) is 6.70. The van der Waals surface area contributed by atoms with Crippen LogP contribution in [0.5, 0.6) is 11.6 Å². The number of anilines is 1. The van der Waals surface area contributed by atoms with Crippen molar-refractivity contribution in [2.75, 3.05) is 17.7 Å². The third-order valence-electron chi connectivity index (χ3n) is 5.22. The van der Waals surface area contributed by atoms with Gasteiger partial charge in [0.2, 0.25) is 17.3 Å². The number of aromatic nitrogens is 3. The summed E-state index contributed by atoms with van der Waals surface area (Å²) < 4.78 is 13.6. The first-order valence-electron chi connectivity index (χ1n) is 11.2. The van der Waals surface area contributed by atoms with E-state index in [0.717, 1.165) is 32.4 Å². The van der Waals surface area contributed by atoms with Crippen LogP contribution in [-0.4, -0.2) is 38.6 Å². The van der Waals surface area contributed by atoms with E-state index in [4.69, 9.17) is 14.6 Å². The molecule has 0 fully saturated rings. The molecule has 8 nitrogen and oxygen atoms in total. The van der Waals surface area contributed by atoms with Crippen molar-refractivity contribution < 1.29 is 19.4 Å². The van der Waals surface area contributed by atoms with E-state index in [1.54, 1.807) is 23.9 Å². The van der Waals surface area contributed by atoms with Crippen molar-refractivity contribution in [3.63, 3.8) is 0 Å². The summed E-state index contributed by atoms with van der Waals surface area (Å²) in [6.07, 6.45) is 3.95. The van der Waals surface area contributed by atoms with Crippen molar-refractivity contribution >= 4 is 55.3 Å². The van der Waals surface area contributed by atoms with Crippen molar-refractivity contribution in [2.24, 2.45) is 0 Å². The number of unbranched alkanes of at least 4 members (excludes halogenated alkanes) is 3. The van der Waals surface area contributed by atoms with E-state index < -0.39 is 18.8 Å². The first-order chi connectivity index (χ1) is 16.9. The molecular weight excluding hydrogens is 600 g/mol. The molecule has 0 spiro atoms. The zero-order valence-corrected chi connectivity index (χ0v) is 23.0. The lowest BCUT2D eigenvalue weighted by Gasteiger charge is -2.22. The molecule has 184 valence electrons. The Morgan fingerprint density at radius 3 is 2.74 bits per heavy atom. The van der Waals surface area contributed by atoms with Gasteiger partial charge < -0.3 is 19.9 Å². The maximum Gasteiger partial charge on any atom is 0.341 e. The van der Waals surface area contributed by atoms with Crippen LogP contribution in [0.1, 0.15) is 44.4 Å². The number of benzene rings is 2. The summed E-state index contributed by atoms with van der Waals surface area (Å²) in [7, 11) is 0. The molecule has 0 saturated carbocycles. The fourth-order valence-electron chi connectivity index (χ4n) is 3.56. The normalized spacial score (nSPS) is 14.2. The maximum atomic E-state index is 11.1. The van der Waals surface area contributed by atoms with E-state index >= 15 is 0 Å². The van der Waals surface area contributed by atoms with Crippen LogP contribution in [-0.2, 0) is 4.79 Å². The zero-order valence-electron chi connectivity index (χ0n) is 19.0. The van der Waals surface area contributed by atoms with Crippen molar-refractivity contribution in [1.82, 2.24) is 15.2 Å². The molecule has 2 N–H and O–H groups in total. The predicted molar refractivity (Wildman–Crippen MR) is 142 cm³/mol. The van der Waals surface area contributed by atoms with Gasteiger partial charge in [0.25, 0.3) is 0 Å². The highest BCUT2D eigenvalue weighted by Crippen LogP contribution is 2.42. The van der Waals surface area contributed by atoms with E-state index in [0.29, 0.717) is 28.0 Å². The number of nitrogens with zero attached hydrogens (tertiary/aromatic N) is 3. The van der Waals surface area contributed by atoms with Crippen LogP contribution in [0.25, 0.3) is 11.3 Å². The van der Waals surface area contributed by atoms with Gasteiger partial charge in [0.15, 0.2) is 12.3 Å². The summed E-state index contributed by atoms with van der Waals surface area (Å²) in [6, 6.07) is 11.1. The van der Waals surface area contributed by atoms with Crippen LogP contribution in [0.4, 0.5) is 5.69 Å². The highest BCUT2D eigenvalue weighted by atomic mass is 79.9. The average molecular weight is 624 g/mol. The lowest BCUT2D eigenvalue weighted by atomic mass is 10.1. The van der Waals surface area contributed by atoms with Gasteiger partial charge in [-0.1, -0.05) is 69.8 Å². The molecule has 2 heterocycles. The fourth-order valence-corrected chi connectivity index (χ4v) is 5.08. The topological polar surface area (TPSA) is 106 Å². The van der Waals surface area contributed by atoms with Gasteiger partial charge in [0, 0.05) is 25.9 Å². The van der Waals surface area contributed by atoms with E-state index in [2.05, 4.69) is 59.3 Å². The lowest BCUT2D eigenvalue weighted by Crippen LogP contribution is -2.19. The largest absolute Gasteiger partial charge is 0.481 e. The van der Waals surface area contributed by atoms with Gasteiger partial charge in [-0.15, -0.1) is 10.2 Å². The maximum absolute atomic E-state index is 11.1. The van der Waals surface area contributed by atoms with Crippen molar-refractivity contribution in [3.05, 3.63) is 50.9 Å². The molecule has 0 amide bonds. The number of carbonyl (C=O) groups is 1. The summed E-state index contributed by atoms with van der Waals surface area (Å²) in [5.74, 6) is 0.576. The molecule has 35 heavy (non-hydrogen) atoms. The Bertz CT molecular complexity index is 1210. The van der Waals surface area contributed by atoms with Crippen molar-refractivity contribution in [1.29, 1.82) is 0 Å². The number of hydrogen-bond donors (Lipinski definition) is 2. The van der Waals surface area contributed by atoms with Gasteiger partial charge in [-0.3, -0.25) is 0 Å². The molecule has 1 aliphatic heterocycles. The summed E-state index contributed by atoms with van der Waals surface area (Å²) in [6.45, 7) is 1.72. The number of thioether (sulfide) groups is 1. The molecule has 2 aromatic carbocycles.